The highest BCUT2D eigenvalue weighted by atomic mass is 79.9. The predicted octanol–water partition coefficient (Wildman–Crippen LogP) is 2.04. The zero-order valence-electron chi connectivity index (χ0n) is 12.9. The summed E-state index contributed by atoms with van der Waals surface area (Å²) in [5.41, 5.74) is 0.982. The lowest BCUT2D eigenvalue weighted by Crippen LogP contribution is -2.52. The second kappa shape index (κ2) is 7.59. The number of piperazine rings is 1. The minimum Gasteiger partial charge on any atom is -0.352 e. The van der Waals surface area contributed by atoms with E-state index in [-0.39, 0.29) is 5.91 Å². The van der Waals surface area contributed by atoms with Crippen LogP contribution in [0.25, 0.3) is 0 Å². The lowest BCUT2D eigenvalue weighted by Gasteiger charge is -2.35. The summed E-state index contributed by atoms with van der Waals surface area (Å²) in [4.78, 5) is 16.2. The molecule has 0 aromatic heterocycles. The second-order valence-electron chi connectivity index (χ2n) is 6.05. The van der Waals surface area contributed by atoms with E-state index in [0.29, 0.717) is 12.6 Å². The Morgan fingerprint density at radius 3 is 2.65 bits per heavy atom. The van der Waals surface area contributed by atoms with E-state index in [1.54, 1.807) is 0 Å². The van der Waals surface area contributed by atoms with Crippen molar-refractivity contribution in [2.75, 3.05) is 38.0 Å². The molecule has 1 amide bonds. The molecule has 2 fully saturated rings. The Morgan fingerprint density at radius 1 is 1.26 bits per heavy atom. The molecule has 0 bridgehead atoms. The molecule has 124 valence electrons. The molecule has 1 aromatic carbocycles. The summed E-state index contributed by atoms with van der Waals surface area (Å²) in [7, 11) is 0. The van der Waals surface area contributed by atoms with E-state index in [9.17, 15) is 4.79 Å². The number of carbonyl (C=O) groups is 1. The van der Waals surface area contributed by atoms with Crippen molar-refractivity contribution in [3.63, 3.8) is 0 Å². The SMILES string of the molecule is O=C(CN1CCN(C(=S)Nc2cccc(Br)c2)CC1)NC1CC1. The van der Waals surface area contributed by atoms with Gasteiger partial charge in [0.1, 0.15) is 0 Å². The standard InChI is InChI=1S/C16H21BrN4OS/c17-12-2-1-3-14(10-12)19-16(23)21-8-6-20(7-9-21)11-15(22)18-13-4-5-13/h1-3,10,13H,4-9,11H2,(H,18,22)(H,19,23). The Bertz CT molecular complexity index is 585. The minimum absolute atomic E-state index is 0.149. The first-order chi connectivity index (χ1) is 11.1. The van der Waals surface area contributed by atoms with Gasteiger partial charge in [-0.05, 0) is 43.3 Å². The number of anilines is 1. The zero-order chi connectivity index (χ0) is 16.2. The molecule has 1 aliphatic carbocycles. The quantitative estimate of drug-likeness (QED) is 0.762. The molecule has 23 heavy (non-hydrogen) atoms. The highest BCUT2D eigenvalue weighted by molar-refractivity contribution is 9.10. The maximum atomic E-state index is 11.8. The molecule has 1 aromatic rings. The smallest absolute Gasteiger partial charge is 0.234 e. The molecule has 1 saturated heterocycles. The molecule has 1 aliphatic heterocycles. The van der Waals surface area contributed by atoms with Gasteiger partial charge >= 0.3 is 0 Å². The number of rotatable bonds is 4. The summed E-state index contributed by atoms with van der Waals surface area (Å²) >= 11 is 8.95. The van der Waals surface area contributed by atoms with Crippen molar-refractivity contribution in [1.29, 1.82) is 0 Å². The zero-order valence-corrected chi connectivity index (χ0v) is 15.3. The van der Waals surface area contributed by atoms with E-state index in [1.165, 1.54) is 0 Å². The van der Waals surface area contributed by atoms with Gasteiger partial charge in [0.05, 0.1) is 6.54 Å². The number of nitrogens with zero attached hydrogens (tertiary/aromatic N) is 2. The monoisotopic (exact) mass is 396 g/mol. The number of amides is 1. The van der Waals surface area contributed by atoms with Gasteiger partial charge in [-0.3, -0.25) is 9.69 Å². The molecule has 7 heteroatoms. The van der Waals surface area contributed by atoms with Crippen LogP contribution in [-0.4, -0.2) is 59.6 Å². The van der Waals surface area contributed by atoms with Gasteiger partial charge in [-0.15, -0.1) is 0 Å². The Morgan fingerprint density at radius 2 is 2.00 bits per heavy atom. The van der Waals surface area contributed by atoms with Gasteiger partial charge in [0.15, 0.2) is 5.11 Å². The van der Waals surface area contributed by atoms with E-state index in [0.717, 1.165) is 54.3 Å². The molecule has 0 unspecified atom stereocenters. The van der Waals surface area contributed by atoms with E-state index in [1.807, 2.05) is 24.3 Å². The fourth-order valence-electron chi connectivity index (χ4n) is 2.58. The highest BCUT2D eigenvalue weighted by Crippen LogP contribution is 2.18. The van der Waals surface area contributed by atoms with Gasteiger partial charge in [-0.2, -0.15) is 0 Å². The van der Waals surface area contributed by atoms with E-state index in [4.69, 9.17) is 12.2 Å². The van der Waals surface area contributed by atoms with Crippen molar-refractivity contribution in [1.82, 2.24) is 15.1 Å². The Labute approximate surface area is 150 Å². The van der Waals surface area contributed by atoms with Crippen molar-refractivity contribution in [2.45, 2.75) is 18.9 Å². The first kappa shape index (κ1) is 16.7. The van der Waals surface area contributed by atoms with Crippen LogP contribution in [0, 0.1) is 0 Å². The Balaban J connectivity index is 1.42. The third-order valence-corrected chi connectivity index (χ3v) is 4.90. The van der Waals surface area contributed by atoms with Crippen LogP contribution in [0.1, 0.15) is 12.8 Å². The van der Waals surface area contributed by atoms with Gasteiger partial charge in [0, 0.05) is 42.4 Å². The molecular weight excluding hydrogens is 376 g/mol. The Kier molecular flexibility index (Phi) is 5.50. The fourth-order valence-corrected chi connectivity index (χ4v) is 3.28. The average Bonchev–Trinajstić information content (AvgIpc) is 3.31. The third kappa shape index (κ3) is 5.16. The van der Waals surface area contributed by atoms with Crippen LogP contribution in [0.3, 0.4) is 0 Å². The van der Waals surface area contributed by atoms with Crippen LogP contribution in [-0.2, 0) is 4.79 Å². The molecular formula is C16H21BrN4OS. The van der Waals surface area contributed by atoms with Crippen LogP contribution in [0.4, 0.5) is 5.69 Å². The largest absolute Gasteiger partial charge is 0.352 e. The third-order valence-electron chi connectivity index (χ3n) is 4.05. The maximum absolute atomic E-state index is 11.8. The molecule has 2 aliphatic rings. The number of halogens is 1. The first-order valence-electron chi connectivity index (χ1n) is 7.93. The van der Waals surface area contributed by atoms with Gasteiger partial charge in [0.25, 0.3) is 0 Å². The number of hydrogen-bond donors (Lipinski definition) is 2. The molecule has 0 radical (unpaired) electrons. The number of thiocarbonyl (C=S) groups is 1. The highest BCUT2D eigenvalue weighted by Gasteiger charge is 2.25. The number of nitrogens with one attached hydrogen (secondary N) is 2. The molecule has 5 nitrogen and oxygen atoms in total. The van der Waals surface area contributed by atoms with Gasteiger partial charge in [0.2, 0.25) is 5.91 Å². The summed E-state index contributed by atoms with van der Waals surface area (Å²) in [5, 5.41) is 7.05. The van der Waals surface area contributed by atoms with Crippen LogP contribution in [0.5, 0.6) is 0 Å². The van der Waals surface area contributed by atoms with Crippen LogP contribution < -0.4 is 10.6 Å². The summed E-state index contributed by atoms with van der Waals surface area (Å²) in [6, 6.07) is 8.40. The molecule has 1 heterocycles. The molecule has 0 atom stereocenters. The topological polar surface area (TPSA) is 47.6 Å². The fraction of sp³-hybridized carbons (Fsp3) is 0.500. The van der Waals surface area contributed by atoms with Gasteiger partial charge < -0.3 is 15.5 Å². The Hall–Kier alpha value is -1.18. The number of benzene rings is 1. The molecule has 1 saturated carbocycles. The van der Waals surface area contributed by atoms with Crippen molar-refractivity contribution in [3.05, 3.63) is 28.7 Å². The average molecular weight is 397 g/mol. The van der Waals surface area contributed by atoms with E-state index < -0.39 is 0 Å². The predicted molar refractivity (Wildman–Crippen MR) is 99.5 cm³/mol. The van der Waals surface area contributed by atoms with Crippen LogP contribution in [0.2, 0.25) is 0 Å². The maximum Gasteiger partial charge on any atom is 0.234 e. The van der Waals surface area contributed by atoms with Crippen molar-refractivity contribution < 1.29 is 4.79 Å². The summed E-state index contributed by atoms with van der Waals surface area (Å²) in [6.45, 7) is 3.90. The lowest BCUT2D eigenvalue weighted by atomic mass is 10.3. The minimum atomic E-state index is 0.149. The van der Waals surface area contributed by atoms with Crippen molar-refractivity contribution >= 4 is 44.9 Å². The van der Waals surface area contributed by atoms with Crippen molar-refractivity contribution in [2.24, 2.45) is 0 Å². The summed E-state index contributed by atoms with van der Waals surface area (Å²) < 4.78 is 1.02. The van der Waals surface area contributed by atoms with E-state index >= 15 is 0 Å². The van der Waals surface area contributed by atoms with Crippen molar-refractivity contribution in [3.8, 4) is 0 Å². The second-order valence-corrected chi connectivity index (χ2v) is 7.35. The van der Waals surface area contributed by atoms with Crippen LogP contribution in [0.15, 0.2) is 28.7 Å². The number of hydrogen-bond acceptors (Lipinski definition) is 3. The summed E-state index contributed by atoms with van der Waals surface area (Å²) in [5.74, 6) is 0.149. The number of carbonyl (C=O) groups excluding carboxylic acids is 1. The van der Waals surface area contributed by atoms with E-state index in [2.05, 4.69) is 36.4 Å². The molecule has 0 spiro atoms. The summed E-state index contributed by atoms with van der Waals surface area (Å²) in [6.07, 6.45) is 2.27. The van der Waals surface area contributed by atoms with Gasteiger partial charge in [-0.1, -0.05) is 22.0 Å². The molecule has 3 rings (SSSR count). The first-order valence-corrected chi connectivity index (χ1v) is 9.13. The normalized spacial score (nSPS) is 18.6. The lowest BCUT2D eigenvalue weighted by molar-refractivity contribution is -0.122. The van der Waals surface area contributed by atoms with Crippen LogP contribution >= 0.6 is 28.1 Å². The van der Waals surface area contributed by atoms with Gasteiger partial charge in [-0.25, -0.2) is 0 Å². The molecule has 2 N–H and O–H groups in total.